The van der Waals surface area contributed by atoms with Crippen LogP contribution in [0.2, 0.25) is 0 Å². The maximum atomic E-state index is 13.4. The molecule has 122 valence electrons. The summed E-state index contributed by atoms with van der Waals surface area (Å²) >= 11 is 0. The second-order valence-electron chi connectivity index (χ2n) is 6.65. The number of piperazine rings is 1. The number of aliphatic hydroxyl groups excluding tert-OH is 1. The summed E-state index contributed by atoms with van der Waals surface area (Å²) < 4.78 is 26.8. The first-order valence-electron chi connectivity index (χ1n) is 8.11. The molecule has 0 radical (unpaired) electrons. The van der Waals surface area contributed by atoms with Gasteiger partial charge in [0, 0.05) is 50.9 Å². The van der Waals surface area contributed by atoms with Gasteiger partial charge in [0.25, 0.3) is 0 Å². The van der Waals surface area contributed by atoms with Gasteiger partial charge in [-0.15, -0.1) is 0 Å². The van der Waals surface area contributed by atoms with Crippen LogP contribution in [0.5, 0.6) is 0 Å². The minimum atomic E-state index is -0.510. The number of nitrogens with zero attached hydrogens (tertiary/aromatic N) is 2. The minimum absolute atomic E-state index is 0.0166. The molecular weight excluding hydrogens is 286 g/mol. The Kier molecular flexibility index (Phi) is 4.76. The number of halogens is 2. The topological polar surface area (TPSA) is 26.7 Å². The van der Waals surface area contributed by atoms with Gasteiger partial charge in [-0.3, -0.25) is 9.80 Å². The molecule has 2 saturated heterocycles. The Balaban J connectivity index is 1.67. The molecule has 0 amide bonds. The molecule has 0 bridgehead atoms. The Morgan fingerprint density at radius 2 is 1.86 bits per heavy atom. The lowest BCUT2D eigenvalue weighted by Crippen LogP contribution is -2.57. The monoisotopic (exact) mass is 310 g/mol. The molecule has 3 atom stereocenters. The van der Waals surface area contributed by atoms with Crippen LogP contribution in [0.25, 0.3) is 0 Å². The fourth-order valence-corrected chi connectivity index (χ4v) is 3.81. The summed E-state index contributed by atoms with van der Waals surface area (Å²) in [5.74, 6) is -0.620. The van der Waals surface area contributed by atoms with E-state index in [1.54, 1.807) is 0 Å². The van der Waals surface area contributed by atoms with E-state index in [0.717, 1.165) is 45.1 Å². The lowest BCUT2D eigenvalue weighted by atomic mass is 9.91. The summed E-state index contributed by atoms with van der Waals surface area (Å²) in [4.78, 5) is 4.77. The number of aliphatic hydroxyl groups is 1. The van der Waals surface area contributed by atoms with Gasteiger partial charge in [-0.05, 0) is 43.4 Å². The van der Waals surface area contributed by atoms with Crippen LogP contribution in [-0.4, -0.2) is 53.7 Å². The van der Waals surface area contributed by atoms with Crippen molar-refractivity contribution in [1.82, 2.24) is 9.80 Å². The van der Waals surface area contributed by atoms with Crippen LogP contribution in [0.4, 0.5) is 8.78 Å². The predicted octanol–water partition coefficient (Wildman–Crippen LogP) is 2.41. The molecule has 2 aliphatic heterocycles. The summed E-state index contributed by atoms with van der Waals surface area (Å²) in [7, 11) is 0. The molecule has 1 N–H and O–H groups in total. The van der Waals surface area contributed by atoms with Crippen LogP contribution in [0.1, 0.15) is 31.4 Å². The maximum Gasteiger partial charge on any atom is 0.126 e. The van der Waals surface area contributed by atoms with Crippen molar-refractivity contribution < 1.29 is 13.9 Å². The molecule has 1 aromatic rings. The van der Waals surface area contributed by atoms with Gasteiger partial charge in [-0.1, -0.05) is 0 Å². The van der Waals surface area contributed by atoms with Gasteiger partial charge < -0.3 is 5.11 Å². The van der Waals surface area contributed by atoms with E-state index in [-0.39, 0.29) is 12.6 Å². The van der Waals surface area contributed by atoms with Crippen LogP contribution >= 0.6 is 0 Å². The lowest BCUT2D eigenvalue weighted by molar-refractivity contribution is 0.00207. The van der Waals surface area contributed by atoms with Crippen LogP contribution in [-0.2, 0) is 0 Å². The number of hydrogen-bond acceptors (Lipinski definition) is 3. The largest absolute Gasteiger partial charge is 0.396 e. The fraction of sp³-hybridized carbons (Fsp3) is 0.647. The second kappa shape index (κ2) is 6.60. The SMILES string of the molecule is CC(c1cc(F)cc(F)c1)N1CCN2C[C@@H](CO)CC[C@H]2C1. The van der Waals surface area contributed by atoms with Gasteiger partial charge in [-0.25, -0.2) is 8.78 Å². The zero-order valence-electron chi connectivity index (χ0n) is 13.0. The van der Waals surface area contributed by atoms with Crippen molar-refractivity contribution in [2.75, 3.05) is 32.8 Å². The molecule has 3 nitrogen and oxygen atoms in total. The van der Waals surface area contributed by atoms with Crippen molar-refractivity contribution in [1.29, 1.82) is 0 Å². The molecule has 3 rings (SSSR count). The number of benzene rings is 1. The van der Waals surface area contributed by atoms with Gasteiger partial charge in [-0.2, -0.15) is 0 Å². The third kappa shape index (κ3) is 3.31. The highest BCUT2D eigenvalue weighted by Gasteiger charge is 2.34. The van der Waals surface area contributed by atoms with E-state index in [4.69, 9.17) is 0 Å². The number of rotatable bonds is 3. The van der Waals surface area contributed by atoms with Gasteiger partial charge in [0.2, 0.25) is 0 Å². The van der Waals surface area contributed by atoms with Crippen LogP contribution in [0.15, 0.2) is 18.2 Å². The van der Waals surface area contributed by atoms with Crippen LogP contribution in [0, 0.1) is 17.6 Å². The molecule has 0 spiro atoms. The molecule has 2 fully saturated rings. The zero-order valence-corrected chi connectivity index (χ0v) is 13.0. The summed E-state index contributed by atoms with van der Waals surface area (Å²) in [6.07, 6.45) is 2.15. The van der Waals surface area contributed by atoms with Crippen molar-refractivity contribution in [3.63, 3.8) is 0 Å². The molecule has 1 aromatic carbocycles. The molecule has 2 heterocycles. The normalized spacial score (nSPS) is 28.4. The van der Waals surface area contributed by atoms with Gasteiger partial charge in [0.05, 0.1) is 0 Å². The smallest absolute Gasteiger partial charge is 0.126 e. The Morgan fingerprint density at radius 3 is 2.55 bits per heavy atom. The van der Waals surface area contributed by atoms with Gasteiger partial charge in [0.1, 0.15) is 11.6 Å². The first-order chi connectivity index (χ1) is 10.6. The Bertz CT molecular complexity index is 505. The standard InChI is InChI=1S/C17H24F2N2O/c1-12(14-6-15(18)8-16(19)7-14)20-4-5-21-9-13(11-22)2-3-17(21)10-20/h6-8,12-13,17,22H,2-5,9-11H2,1H3/t12?,13-,17-/m0/s1. The van der Waals surface area contributed by atoms with E-state index >= 15 is 0 Å². The zero-order chi connectivity index (χ0) is 15.7. The average Bonchev–Trinajstić information content (AvgIpc) is 2.52. The van der Waals surface area contributed by atoms with Crippen LogP contribution in [0.3, 0.4) is 0 Å². The number of hydrogen-bond donors (Lipinski definition) is 1. The van der Waals surface area contributed by atoms with Gasteiger partial charge >= 0.3 is 0 Å². The first kappa shape index (κ1) is 15.8. The summed E-state index contributed by atoms with van der Waals surface area (Å²) in [6.45, 7) is 6.04. The Hall–Kier alpha value is -1.04. The fourth-order valence-electron chi connectivity index (χ4n) is 3.81. The van der Waals surface area contributed by atoms with E-state index < -0.39 is 11.6 Å². The average molecular weight is 310 g/mol. The van der Waals surface area contributed by atoms with E-state index in [1.165, 1.54) is 12.1 Å². The van der Waals surface area contributed by atoms with Crippen molar-refractivity contribution in [3.8, 4) is 0 Å². The molecule has 0 aliphatic carbocycles. The Labute approximate surface area is 130 Å². The molecular formula is C17H24F2N2O. The molecule has 5 heteroatoms. The van der Waals surface area contributed by atoms with Crippen molar-refractivity contribution in [3.05, 3.63) is 35.4 Å². The molecule has 0 saturated carbocycles. The molecule has 22 heavy (non-hydrogen) atoms. The van der Waals surface area contributed by atoms with E-state index in [1.807, 2.05) is 6.92 Å². The third-order valence-electron chi connectivity index (χ3n) is 5.21. The third-order valence-corrected chi connectivity index (χ3v) is 5.21. The minimum Gasteiger partial charge on any atom is -0.396 e. The Morgan fingerprint density at radius 1 is 1.14 bits per heavy atom. The van der Waals surface area contributed by atoms with Crippen molar-refractivity contribution in [2.45, 2.75) is 31.8 Å². The quantitative estimate of drug-likeness (QED) is 0.929. The number of piperidine rings is 1. The first-order valence-corrected chi connectivity index (χ1v) is 8.11. The lowest BCUT2D eigenvalue weighted by Gasteiger charge is -2.47. The van der Waals surface area contributed by atoms with E-state index in [9.17, 15) is 13.9 Å². The highest BCUT2D eigenvalue weighted by molar-refractivity contribution is 5.21. The summed E-state index contributed by atoms with van der Waals surface area (Å²) in [5.41, 5.74) is 0.704. The molecule has 1 unspecified atom stereocenters. The summed E-state index contributed by atoms with van der Waals surface area (Å²) in [6, 6.07) is 4.30. The number of fused-ring (bicyclic) bond motifs is 1. The van der Waals surface area contributed by atoms with E-state index in [2.05, 4.69) is 9.80 Å². The highest BCUT2D eigenvalue weighted by Crippen LogP contribution is 2.29. The highest BCUT2D eigenvalue weighted by atomic mass is 19.1. The van der Waals surface area contributed by atoms with Crippen molar-refractivity contribution >= 4 is 0 Å². The van der Waals surface area contributed by atoms with Crippen LogP contribution < -0.4 is 0 Å². The molecule has 0 aromatic heterocycles. The second-order valence-corrected chi connectivity index (χ2v) is 6.65. The van der Waals surface area contributed by atoms with Gasteiger partial charge in [0.15, 0.2) is 0 Å². The van der Waals surface area contributed by atoms with E-state index in [0.29, 0.717) is 17.5 Å². The summed E-state index contributed by atoms with van der Waals surface area (Å²) in [5, 5.41) is 9.31. The molecule has 2 aliphatic rings. The van der Waals surface area contributed by atoms with Crippen molar-refractivity contribution in [2.24, 2.45) is 5.92 Å². The maximum absolute atomic E-state index is 13.4. The predicted molar refractivity (Wildman–Crippen MR) is 81.5 cm³/mol.